The molecule has 2 heterocycles. The first kappa shape index (κ1) is 17.4. The van der Waals surface area contributed by atoms with Crippen molar-refractivity contribution in [1.82, 2.24) is 20.7 Å². The minimum Gasteiger partial charge on any atom is -0.364 e. The van der Waals surface area contributed by atoms with Gasteiger partial charge in [0, 0.05) is 38.8 Å². The van der Waals surface area contributed by atoms with Crippen LogP contribution >= 0.6 is 0 Å². The van der Waals surface area contributed by atoms with Gasteiger partial charge in [-0.15, -0.1) is 0 Å². The van der Waals surface area contributed by atoms with Gasteiger partial charge in [0.15, 0.2) is 5.96 Å². The lowest BCUT2D eigenvalue weighted by atomic mass is 10.0. The molecule has 25 heavy (non-hydrogen) atoms. The van der Waals surface area contributed by atoms with E-state index in [4.69, 9.17) is 4.52 Å². The Labute approximate surface area is 147 Å². The quantitative estimate of drug-likeness (QED) is 0.642. The normalized spacial score (nSPS) is 16.8. The van der Waals surface area contributed by atoms with Crippen LogP contribution in [0.4, 0.5) is 4.39 Å². The topological polar surface area (TPSA) is 65.7 Å². The Kier molecular flexibility index (Phi) is 6.00. The lowest BCUT2D eigenvalue weighted by Gasteiger charge is -2.33. The van der Waals surface area contributed by atoms with Crippen molar-refractivity contribution in [3.63, 3.8) is 0 Å². The summed E-state index contributed by atoms with van der Waals surface area (Å²) in [4.78, 5) is 6.66. The average Bonchev–Trinajstić information content (AvgIpc) is 3.15. The second-order valence-corrected chi connectivity index (χ2v) is 6.24. The molecule has 134 valence electrons. The number of halogens is 1. The van der Waals surface area contributed by atoms with E-state index in [9.17, 15) is 4.39 Å². The van der Waals surface area contributed by atoms with Crippen LogP contribution in [0.2, 0.25) is 0 Å². The van der Waals surface area contributed by atoms with Crippen molar-refractivity contribution in [2.24, 2.45) is 4.99 Å². The van der Waals surface area contributed by atoms with E-state index in [-0.39, 0.29) is 5.82 Å². The number of guanidine groups is 1. The Hall–Kier alpha value is -2.41. The average molecular weight is 345 g/mol. The molecule has 0 saturated carbocycles. The predicted molar refractivity (Wildman–Crippen MR) is 94.5 cm³/mol. The number of rotatable bonds is 5. The van der Waals surface area contributed by atoms with Crippen LogP contribution in [0, 0.1) is 5.82 Å². The zero-order chi connectivity index (χ0) is 17.5. The van der Waals surface area contributed by atoms with Crippen molar-refractivity contribution < 1.29 is 8.91 Å². The minimum atomic E-state index is -0.184. The highest BCUT2D eigenvalue weighted by atomic mass is 19.1. The fourth-order valence-electron chi connectivity index (χ4n) is 2.97. The maximum Gasteiger partial charge on any atom is 0.191 e. The summed E-state index contributed by atoms with van der Waals surface area (Å²) < 4.78 is 17.8. The Bertz CT molecular complexity index is 663. The molecule has 1 aliphatic rings. The Morgan fingerprint density at radius 2 is 2.04 bits per heavy atom. The number of aromatic nitrogens is 1. The first-order valence-corrected chi connectivity index (χ1v) is 8.56. The van der Waals surface area contributed by atoms with Crippen LogP contribution in [0.1, 0.15) is 24.1 Å². The molecule has 0 atom stereocenters. The van der Waals surface area contributed by atoms with Crippen molar-refractivity contribution in [2.75, 3.05) is 20.1 Å². The molecule has 0 unspecified atom stereocenters. The summed E-state index contributed by atoms with van der Waals surface area (Å²) in [6.07, 6.45) is 3.65. The van der Waals surface area contributed by atoms with Crippen LogP contribution in [0.5, 0.6) is 0 Å². The summed E-state index contributed by atoms with van der Waals surface area (Å²) in [6.45, 7) is 3.47. The van der Waals surface area contributed by atoms with Crippen molar-refractivity contribution >= 4 is 5.96 Å². The van der Waals surface area contributed by atoms with Crippen LogP contribution in [0.25, 0.3) is 0 Å². The molecule has 2 aromatic rings. The number of piperidine rings is 1. The molecule has 1 fully saturated rings. The molecule has 0 radical (unpaired) electrons. The third-order valence-electron chi connectivity index (χ3n) is 4.40. The maximum atomic E-state index is 13.0. The number of likely N-dealkylation sites (tertiary alicyclic amines) is 1. The lowest BCUT2D eigenvalue weighted by molar-refractivity contribution is 0.198. The van der Waals surface area contributed by atoms with Crippen LogP contribution < -0.4 is 10.6 Å². The van der Waals surface area contributed by atoms with Crippen molar-refractivity contribution in [1.29, 1.82) is 0 Å². The Balaban J connectivity index is 1.41. The third-order valence-corrected chi connectivity index (χ3v) is 4.40. The van der Waals surface area contributed by atoms with Crippen LogP contribution in [0.15, 0.2) is 46.1 Å². The molecule has 3 rings (SSSR count). The molecule has 0 bridgehead atoms. The number of nitrogens with one attached hydrogen (secondary N) is 2. The highest BCUT2D eigenvalue weighted by Gasteiger charge is 2.20. The van der Waals surface area contributed by atoms with Crippen molar-refractivity contribution in [3.8, 4) is 0 Å². The van der Waals surface area contributed by atoms with E-state index in [2.05, 4.69) is 25.7 Å². The fraction of sp³-hybridized carbons (Fsp3) is 0.444. The largest absolute Gasteiger partial charge is 0.364 e. The summed E-state index contributed by atoms with van der Waals surface area (Å²) >= 11 is 0. The molecule has 7 heteroatoms. The van der Waals surface area contributed by atoms with Gasteiger partial charge in [-0.2, -0.15) is 0 Å². The van der Waals surface area contributed by atoms with Crippen LogP contribution in [0.3, 0.4) is 0 Å². The zero-order valence-electron chi connectivity index (χ0n) is 14.4. The number of nitrogens with zero attached hydrogens (tertiary/aromatic N) is 3. The second-order valence-electron chi connectivity index (χ2n) is 6.24. The van der Waals surface area contributed by atoms with Crippen molar-refractivity contribution in [2.45, 2.75) is 32.0 Å². The molecule has 2 N–H and O–H groups in total. The summed E-state index contributed by atoms with van der Waals surface area (Å²) in [5.74, 6) is 0.594. The van der Waals surface area contributed by atoms with Gasteiger partial charge in [0.2, 0.25) is 0 Å². The SMILES string of the molecule is CN=C(NCc1ccon1)NC1CCN(Cc2ccc(F)cc2)CC1. The van der Waals surface area contributed by atoms with E-state index >= 15 is 0 Å². The van der Waals surface area contributed by atoms with Gasteiger partial charge in [-0.3, -0.25) is 9.89 Å². The first-order valence-electron chi connectivity index (χ1n) is 8.56. The maximum absolute atomic E-state index is 13.0. The summed E-state index contributed by atoms with van der Waals surface area (Å²) in [5.41, 5.74) is 2.00. The fourth-order valence-corrected chi connectivity index (χ4v) is 2.97. The van der Waals surface area contributed by atoms with Gasteiger partial charge in [0.25, 0.3) is 0 Å². The molecular weight excluding hydrogens is 321 g/mol. The Morgan fingerprint density at radius 3 is 2.68 bits per heavy atom. The van der Waals surface area contributed by atoms with Crippen LogP contribution in [-0.4, -0.2) is 42.2 Å². The number of benzene rings is 1. The number of aliphatic imine (C=N–C) groups is 1. The number of hydrogen-bond acceptors (Lipinski definition) is 4. The summed E-state index contributed by atoms with van der Waals surface area (Å²) in [6, 6.07) is 8.98. The minimum absolute atomic E-state index is 0.184. The molecular formula is C18H24FN5O. The molecule has 0 spiro atoms. The highest BCUT2D eigenvalue weighted by Crippen LogP contribution is 2.14. The van der Waals surface area contributed by atoms with Gasteiger partial charge in [-0.05, 0) is 30.5 Å². The van der Waals surface area contributed by atoms with E-state index < -0.39 is 0 Å². The van der Waals surface area contributed by atoms with E-state index in [1.165, 1.54) is 12.1 Å². The van der Waals surface area contributed by atoms with E-state index in [1.807, 2.05) is 18.2 Å². The van der Waals surface area contributed by atoms with Crippen molar-refractivity contribution in [3.05, 3.63) is 53.7 Å². The molecule has 1 saturated heterocycles. The molecule has 6 nitrogen and oxygen atoms in total. The highest BCUT2D eigenvalue weighted by molar-refractivity contribution is 5.79. The number of hydrogen-bond donors (Lipinski definition) is 2. The molecule has 0 aliphatic carbocycles. The smallest absolute Gasteiger partial charge is 0.191 e. The summed E-state index contributed by atoms with van der Waals surface area (Å²) in [7, 11) is 1.77. The second kappa shape index (κ2) is 8.62. The zero-order valence-corrected chi connectivity index (χ0v) is 14.4. The van der Waals surface area contributed by atoms with Gasteiger partial charge in [-0.25, -0.2) is 4.39 Å². The third kappa shape index (κ3) is 5.29. The molecule has 0 amide bonds. The van der Waals surface area contributed by atoms with Gasteiger partial charge in [0.05, 0.1) is 6.54 Å². The van der Waals surface area contributed by atoms with E-state index in [1.54, 1.807) is 13.3 Å². The predicted octanol–water partition coefficient (Wildman–Crippen LogP) is 2.14. The standard InChI is InChI=1S/C18H24FN5O/c1-20-18(21-12-17-8-11-25-23-17)22-16-6-9-24(10-7-16)13-14-2-4-15(19)5-3-14/h2-5,8,11,16H,6-7,9-10,12-13H2,1H3,(H2,20,21,22). The monoisotopic (exact) mass is 345 g/mol. The molecule has 1 aromatic heterocycles. The Morgan fingerprint density at radius 1 is 1.28 bits per heavy atom. The van der Waals surface area contributed by atoms with E-state index in [0.29, 0.717) is 12.6 Å². The summed E-state index contributed by atoms with van der Waals surface area (Å²) in [5, 5.41) is 10.6. The molecule has 1 aromatic carbocycles. The van der Waals surface area contributed by atoms with Gasteiger partial charge >= 0.3 is 0 Å². The first-order chi connectivity index (χ1) is 12.2. The van der Waals surface area contributed by atoms with Gasteiger partial charge < -0.3 is 15.2 Å². The van der Waals surface area contributed by atoms with Gasteiger partial charge in [0.1, 0.15) is 17.8 Å². The molecule has 1 aliphatic heterocycles. The van der Waals surface area contributed by atoms with Gasteiger partial charge in [-0.1, -0.05) is 17.3 Å². The van der Waals surface area contributed by atoms with Crippen LogP contribution in [-0.2, 0) is 13.1 Å². The van der Waals surface area contributed by atoms with E-state index in [0.717, 1.165) is 49.7 Å². The lowest BCUT2D eigenvalue weighted by Crippen LogP contribution is -2.48.